The van der Waals surface area contributed by atoms with Crippen LogP contribution in [-0.4, -0.2) is 5.97 Å². The van der Waals surface area contributed by atoms with Gasteiger partial charge in [0.05, 0.1) is 5.41 Å². The molecule has 0 aliphatic rings. The molecule has 0 aliphatic heterocycles. The first-order chi connectivity index (χ1) is 22.8. The van der Waals surface area contributed by atoms with E-state index in [0.717, 1.165) is 50.8 Å². The second-order valence-electron chi connectivity index (χ2n) is 12.2. The van der Waals surface area contributed by atoms with E-state index in [2.05, 4.69) is 73.1 Å². The largest absolute Gasteiger partial charge is 0.550 e. The van der Waals surface area contributed by atoms with Crippen molar-refractivity contribution in [1.29, 1.82) is 0 Å². The van der Waals surface area contributed by atoms with Crippen molar-refractivity contribution < 1.29 is 9.90 Å². The molecule has 234 valence electrons. The molecule has 6 aromatic rings. The van der Waals surface area contributed by atoms with E-state index in [1.165, 1.54) is 16.7 Å². The van der Waals surface area contributed by atoms with Crippen LogP contribution in [0.5, 0.6) is 0 Å². The molecule has 0 saturated heterocycles. The fraction of sp³-hybridized carbons (Fsp3) is 0.119. The van der Waals surface area contributed by atoms with Crippen molar-refractivity contribution in [1.82, 2.24) is 0 Å². The molecule has 0 atom stereocenters. The minimum absolute atomic E-state index is 0.229. The van der Waals surface area contributed by atoms with E-state index in [1.807, 2.05) is 109 Å². The fourth-order valence-electron chi connectivity index (χ4n) is 6.21. The smallest absolute Gasteiger partial charge is 0.0503 e. The highest BCUT2D eigenvalue weighted by Gasteiger charge is 2.36. The van der Waals surface area contributed by atoms with Crippen molar-refractivity contribution in [2.45, 2.75) is 32.6 Å². The Bertz CT molecular complexity index is 1760. The van der Waals surface area contributed by atoms with Crippen LogP contribution in [0, 0.1) is 20.8 Å². The average molecular weight is 617 g/mol. The third-order valence-corrected chi connectivity index (χ3v) is 8.46. The van der Waals surface area contributed by atoms with Crippen molar-refractivity contribution in [3.05, 3.63) is 179 Å². The van der Waals surface area contributed by atoms with Crippen LogP contribution in [-0.2, 0) is 10.2 Å². The van der Waals surface area contributed by atoms with Crippen molar-refractivity contribution >= 4 is 40.1 Å². The summed E-state index contributed by atoms with van der Waals surface area (Å²) in [6.45, 7) is 6.18. The molecule has 0 fully saturated rings. The monoisotopic (exact) mass is 616 g/mol. The maximum absolute atomic E-state index is 12.6. The van der Waals surface area contributed by atoms with Crippen molar-refractivity contribution in [2.24, 2.45) is 0 Å². The zero-order valence-corrected chi connectivity index (χ0v) is 26.9. The molecule has 6 aromatic carbocycles. The summed E-state index contributed by atoms with van der Waals surface area (Å²) >= 11 is 0. The molecule has 0 amide bonds. The highest BCUT2D eigenvalue weighted by Crippen LogP contribution is 2.43. The van der Waals surface area contributed by atoms with Crippen molar-refractivity contribution in [3.63, 3.8) is 0 Å². The molecule has 3 N–H and O–H groups in total. The number of nitrogens with one attached hydrogen (secondary N) is 3. The summed E-state index contributed by atoms with van der Waals surface area (Å²) in [4.78, 5) is 12.6. The van der Waals surface area contributed by atoms with Gasteiger partial charge in [-0.1, -0.05) is 72.8 Å². The summed E-state index contributed by atoms with van der Waals surface area (Å²) in [6.07, 6.45) is -0.229. The van der Waals surface area contributed by atoms with Gasteiger partial charge in [0.25, 0.3) is 0 Å². The lowest BCUT2D eigenvalue weighted by atomic mass is 9.67. The maximum Gasteiger partial charge on any atom is 0.0503 e. The predicted molar refractivity (Wildman–Crippen MR) is 192 cm³/mol. The second kappa shape index (κ2) is 13.7. The van der Waals surface area contributed by atoms with Crippen LogP contribution in [0.1, 0.15) is 39.8 Å². The molecule has 0 heterocycles. The highest BCUT2D eigenvalue weighted by atomic mass is 16.4. The fourth-order valence-corrected chi connectivity index (χ4v) is 6.21. The first kappa shape index (κ1) is 31.2. The molecule has 0 spiro atoms. The molecular weight excluding hydrogens is 578 g/mol. The Balaban J connectivity index is 1.40. The predicted octanol–water partition coefficient (Wildman–Crippen LogP) is 9.32. The first-order valence-corrected chi connectivity index (χ1v) is 15.8. The van der Waals surface area contributed by atoms with Crippen LogP contribution in [0.15, 0.2) is 146 Å². The number of carbonyl (C=O) groups excluding carboxylic acids is 1. The van der Waals surface area contributed by atoms with Gasteiger partial charge in [-0.3, -0.25) is 0 Å². The molecule has 0 radical (unpaired) electrons. The van der Waals surface area contributed by atoms with Crippen LogP contribution >= 0.6 is 0 Å². The SMILES string of the molecule is Cc1cccc(Nc2ccc(C(CC(=O)[O-])(c3ccc(Nc4cccc(C)c4)cc3)c3ccc(Nc4cccc(C)c4)cc3)cc2)c1. The molecule has 5 nitrogen and oxygen atoms in total. The molecule has 47 heavy (non-hydrogen) atoms. The molecular formula is C42H38N3O2-. The zero-order chi connectivity index (χ0) is 32.8. The highest BCUT2D eigenvalue weighted by molar-refractivity contribution is 5.73. The number of benzene rings is 6. The van der Waals surface area contributed by atoms with Crippen LogP contribution in [0.4, 0.5) is 34.1 Å². The van der Waals surface area contributed by atoms with E-state index in [9.17, 15) is 9.90 Å². The Hall–Kier alpha value is -5.81. The van der Waals surface area contributed by atoms with E-state index < -0.39 is 11.4 Å². The lowest BCUT2D eigenvalue weighted by Gasteiger charge is -2.37. The minimum Gasteiger partial charge on any atom is -0.550 e. The Morgan fingerprint density at radius 1 is 0.468 bits per heavy atom. The quantitative estimate of drug-likeness (QED) is 0.127. The van der Waals surface area contributed by atoms with Gasteiger partial charge in [0.1, 0.15) is 0 Å². The molecule has 0 saturated carbocycles. The summed E-state index contributed by atoms with van der Waals surface area (Å²) in [5.74, 6) is -1.13. The van der Waals surface area contributed by atoms with E-state index >= 15 is 0 Å². The molecule has 0 aliphatic carbocycles. The van der Waals surface area contributed by atoms with E-state index in [-0.39, 0.29) is 6.42 Å². The van der Waals surface area contributed by atoms with Gasteiger partial charge in [-0.25, -0.2) is 0 Å². The van der Waals surface area contributed by atoms with Crippen LogP contribution in [0.2, 0.25) is 0 Å². The number of carboxylic acid groups (broad SMARTS) is 1. The number of hydrogen-bond donors (Lipinski definition) is 3. The van der Waals surface area contributed by atoms with Gasteiger partial charge in [-0.15, -0.1) is 0 Å². The molecule has 0 aromatic heterocycles. The summed E-state index contributed by atoms with van der Waals surface area (Å²) < 4.78 is 0. The molecule has 6 rings (SSSR count). The molecule has 5 heteroatoms. The summed E-state index contributed by atoms with van der Waals surface area (Å²) in [7, 11) is 0. The topological polar surface area (TPSA) is 76.2 Å². The van der Waals surface area contributed by atoms with Gasteiger partial charge in [0.2, 0.25) is 0 Å². The van der Waals surface area contributed by atoms with Gasteiger partial charge in [0, 0.05) is 46.5 Å². The minimum atomic E-state index is -1.13. The van der Waals surface area contributed by atoms with Gasteiger partial charge >= 0.3 is 0 Å². The van der Waals surface area contributed by atoms with E-state index in [1.54, 1.807) is 0 Å². The molecule has 0 bridgehead atoms. The van der Waals surface area contributed by atoms with Gasteiger partial charge in [-0.05, 0) is 127 Å². The Kier molecular flexibility index (Phi) is 9.07. The van der Waals surface area contributed by atoms with Crippen LogP contribution in [0.25, 0.3) is 0 Å². The Morgan fingerprint density at radius 3 is 1.02 bits per heavy atom. The van der Waals surface area contributed by atoms with E-state index in [0.29, 0.717) is 0 Å². The number of hydrogen-bond acceptors (Lipinski definition) is 5. The van der Waals surface area contributed by atoms with Crippen molar-refractivity contribution in [2.75, 3.05) is 16.0 Å². The Morgan fingerprint density at radius 2 is 0.766 bits per heavy atom. The first-order valence-electron chi connectivity index (χ1n) is 15.8. The third-order valence-electron chi connectivity index (χ3n) is 8.46. The van der Waals surface area contributed by atoms with Crippen LogP contribution in [0.3, 0.4) is 0 Å². The summed E-state index contributed by atoms with van der Waals surface area (Å²) in [5, 5.41) is 23.0. The Labute approximate surface area is 277 Å². The third kappa shape index (κ3) is 7.37. The number of rotatable bonds is 11. The standard InChI is InChI=1S/C42H39N3O2/c1-29-7-4-10-38(25-29)43-35-19-13-32(14-20-35)42(28-41(46)47,33-15-21-36(22-16-33)44-39-11-5-8-30(2)26-39)34-17-23-37(24-18-34)45-40-12-6-9-31(3)27-40/h4-27,43-45H,28H2,1-3H3,(H,46,47)/p-1. The van der Waals surface area contributed by atoms with Gasteiger partial charge in [-0.2, -0.15) is 0 Å². The maximum atomic E-state index is 12.6. The lowest BCUT2D eigenvalue weighted by molar-refractivity contribution is -0.306. The number of aryl methyl sites for hydroxylation is 3. The number of carbonyl (C=O) groups is 1. The van der Waals surface area contributed by atoms with E-state index in [4.69, 9.17) is 0 Å². The second-order valence-corrected chi connectivity index (χ2v) is 12.2. The van der Waals surface area contributed by atoms with Crippen LogP contribution < -0.4 is 21.1 Å². The average Bonchev–Trinajstić information content (AvgIpc) is 3.05. The number of aliphatic carboxylic acids is 1. The number of carboxylic acids is 1. The lowest BCUT2D eigenvalue weighted by Crippen LogP contribution is -2.37. The normalized spacial score (nSPS) is 11.1. The zero-order valence-electron chi connectivity index (χ0n) is 26.9. The van der Waals surface area contributed by atoms with Gasteiger partial charge in [0.15, 0.2) is 0 Å². The summed E-state index contributed by atoms with van der Waals surface area (Å²) in [5.41, 5.74) is 10.8. The van der Waals surface area contributed by atoms with Crippen molar-refractivity contribution in [3.8, 4) is 0 Å². The summed E-state index contributed by atoms with van der Waals surface area (Å²) in [6, 6.07) is 48.7. The van der Waals surface area contributed by atoms with Gasteiger partial charge < -0.3 is 25.9 Å². The number of anilines is 6. The molecule has 0 unspecified atom stereocenters.